The molecule has 2 rings (SSSR count). The molecule has 0 spiro atoms. The van der Waals surface area contributed by atoms with Crippen LogP contribution in [0.3, 0.4) is 0 Å². The van der Waals surface area contributed by atoms with Gasteiger partial charge < -0.3 is 10.2 Å². The number of hydrogen-bond acceptors (Lipinski definition) is 2. The van der Waals surface area contributed by atoms with Crippen LogP contribution in [0.25, 0.3) is 0 Å². The third kappa shape index (κ3) is 3.41. The minimum atomic E-state index is -0.0260. The van der Waals surface area contributed by atoms with E-state index in [1.54, 1.807) is 18.2 Å². The Balaban J connectivity index is 2.22. The van der Waals surface area contributed by atoms with Gasteiger partial charge in [-0.25, -0.2) is 0 Å². The van der Waals surface area contributed by atoms with E-state index in [2.05, 4.69) is 5.32 Å². The number of piperidine rings is 1. The fourth-order valence-electron chi connectivity index (χ4n) is 2.50. The van der Waals surface area contributed by atoms with Crippen molar-refractivity contribution in [3.63, 3.8) is 0 Å². The summed E-state index contributed by atoms with van der Waals surface area (Å²) in [6, 6.07) is 5.30. The van der Waals surface area contributed by atoms with E-state index >= 15 is 0 Å². The monoisotopic (exact) mass is 300 g/mol. The molecule has 1 aromatic rings. The molecule has 5 heteroatoms. The van der Waals surface area contributed by atoms with Gasteiger partial charge in [0.25, 0.3) is 5.91 Å². The van der Waals surface area contributed by atoms with Crippen LogP contribution in [0.5, 0.6) is 0 Å². The highest BCUT2D eigenvalue weighted by Gasteiger charge is 2.26. The summed E-state index contributed by atoms with van der Waals surface area (Å²) < 4.78 is 0. The third-order valence-corrected chi connectivity index (χ3v) is 4.07. The van der Waals surface area contributed by atoms with E-state index in [9.17, 15) is 4.79 Å². The molecule has 0 aliphatic carbocycles. The van der Waals surface area contributed by atoms with Crippen molar-refractivity contribution in [2.24, 2.45) is 0 Å². The normalized spacial score (nSPS) is 16.4. The Morgan fingerprint density at radius 1 is 1.37 bits per heavy atom. The lowest BCUT2D eigenvalue weighted by Crippen LogP contribution is -2.46. The highest BCUT2D eigenvalue weighted by Crippen LogP contribution is 2.24. The minimum absolute atomic E-state index is 0.0260. The van der Waals surface area contributed by atoms with Gasteiger partial charge in [-0.1, -0.05) is 23.2 Å². The van der Waals surface area contributed by atoms with Crippen LogP contribution in [-0.2, 0) is 0 Å². The van der Waals surface area contributed by atoms with Crippen molar-refractivity contribution < 1.29 is 4.79 Å². The number of hydrogen-bond donors (Lipinski definition) is 1. The molecule has 19 heavy (non-hydrogen) atoms. The standard InChI is InChI=1S/C14H18Cl2N2O/c1-2-18(11-5-7-17-8-6-11)14(19)12-9-10(15)3-4-13(12)16/h3-4,9,11,17H,2,5-8H2,1H3. The van der Waals surface area contributed by atoms with Gasteiger partial charge in [-0.15, -0.1) is 0 Å². The Kier molecular flexibility index (Phi) is 5.08. The lowest BCUT2D eigenvalue weighted by Gasteiger charge is -2.34. The van der Waals surface area contributed by atoms with Gasteiger partial charge in [0.05, 0.1) is 10.6 Å². The molecule has 0 atom stereocenters. The predicted molar refractivity (Wildman–Crippen MR) is 79.1 cm³/mol. The number of carbonyl (C=O) groups is 1. The van der Waals surface area contributed by atoms with Crippen LogP contribution in [0.2, 0.25) is 10.0 Å². The predicted octanol–water partition coefficient (Wildman–Crippen LogP) is 3.21. The Morgan fingerprint density at radius 3 is 2.68 bits per heavy atom. The molecule has 1 fully saturated rings. The largest absolute Gasteiger partial charge is 0.336 e. The van der Waals surface area contributed by atoms with Crippen LogP contribution in [0.4, 0.5) is 0 Å². The Bertz CT molecular complexity index is 459. The van der Waals surface area contributed by atoms with E-state index in [4.69, 9.17) is 23.2 Å². The molecule has 0 bridgehead atoms. The molecule has 1 aromatic carbocycles. The summed E-state index contributed by atoms with van der Waals surface area (Å²) in [7, 11) is 0. The maximum absolute atomic E-state index is 12.6. The van der Waals surface area contributed by atoms with Gasteiger partial charge in [-0.2, -0.15) is 0 Å². The maximum Gasteiger partial charge on any atom is 0.255 e. The first-order valence-electron chi connectivity index (χ1n) is 6.60. The zero-order valence-electron chi connectivity index (χ0n) is 11.0. The second-order valence-corrected chi connectivity index (χ2v) is 5.54. The van der Waals surface area contributed by atoms with Gasteiger partial charge in [0, 0.05) is 17.6 Å². The van der Waals surface area contributed by atoms with Crippen molar-refractivity contribution in [1.29, 1.82) is 0 Å². The molecule has 104 valence electrons. The van der Waals surface area contributed by atoms with Crippen LogP contribution in [0, 0.1) is 0 Å². The fourth-order valence-corrected chi connectivity index (χ4v) is 2.87. The summed E-state index contributed by atoms with van der Waals surface area (Å²) in [6.07, 6.45) is 1.97. The molecule has 0 saturated carbocycles. The van der Waals surface area contributed by atoms with Crippen LogP contribution in [0.1, 0.15) is 30.1 Å². The fraction of sp³-hybridized carbons (Fsp3) is 0.500. The summed E-state index contributed by atoms with van der Waals surface area (Å²) in [4.78, 5) is 14.5. The van der Waals surface area contributed by atoms with Gasteiger partial charge >= 0.3 is 0 Å². The summed E-state index contributed by atoms with van der Waals surface area (Å²) >= 11 is 12.1. The summed E-state index contributed by atoms with van der Waals surface area (Å²) in [5.41, 5.74) is 0.495. The molecule has 1 amide bonds. The number of nitrogens with zero attached hydrogens (tertiary/aromatic N) is 1. The van der Waals surface area contributed by atoms with E-state index in [0.717, 1.165) is 25.9 Å². The summed E-state index contributed by atoms with van der Waals surface area (Å²) in [5.74, 6) is -0.0260. The van der Waals surface area contributed by atoms with Crippen molar-refractivity contribution >= 4 is 29.1 Å². The lowest BCUT2D eigenvalue weighted by molar-refractivity contribution is 0.0656. The lowest BCUT2D eigenvalue weighted by atomic mass is 10.0. The second-order valence-electron chi connectivity index (χ2n) is 4.70. The molecule has 1 aliphatic rings. The second kappa shape index (κ2) is 6.60. The van der Waals surface area contributed by atoms with Crippen molar-refractivity contribution in [2.75, 3.05) is 19.6 Å². The molecular formula is C14H18Cl2N2O. The highest BCUT2D eigenvalue weighted by molar-refractivity contribution is 6.35. The Hall–Kier alpha value is -0.770. The minimum Gasteiger partial charge on any atom is -0.336 e. The number of rotatable bonds is 3. The van der Waals surface area contributed by atoms with Gasteiger partial charge in [0.2, 0.25) is 0 Å². The van der Waals surface area contributed by atoms with E-state index in [1.165, 1.54) is 0 Å². The van der Waals surface area contributed by atoms with Crippen LogP contribution in [0.15, 0.2) is 18.2 Å². The number of nitrogens with one attached hydrogen (secondary N) is 1. The van der Waals surface area contributed by atoms with Gasteiger partial charge in [0.15, 0.2) is 0 Å². The van der Waals surface area contributed by atoms with Gasteiger partial charge in [-0.3, -0.25) is 4.79 Å². The van der Waals surface area contributed by atoms with Crippen LogP contribution in [-0.4, -0.2) is 36.5 Å². The number of amides is 1. The first kappa shape index (κ1) is 14.6. The quantitative estimate of drug-likeness (QED) is 0.930. The Morgan fingerprint density at radius 2 is 2.05 bits per heavy atom. The third-order valence-electron chi connectivity index (χ3n) is 3.51. The number of halogens is 2. The van der Waals surface area contributed by atoms with Crippen LogP contribution >= 0.6 is 23.2 Å². The topological polar surface area (TPSA) is 32.3 Å². The maximum atomic E-state index is 12.6. The molecule has 0 unspecified atom stereocenters. The molecular weight excluding hydrogens is 283 g/mol. The zero-order valence-corrected chi connectivity index (χ0v) is 12.5. The molecule has 1 aliphatic heterocycles. The average Bonchev–Trinajstić information content (AvgIpc) is 2.43. The molecule has 0 radical (unpaired) electrons. The summed E-state index contributed by atoms with van der Waals surface area (Å²) in [6.45, 7) is 4.60. The summed E-state index contributed by atoms with van der Waals surface area (Å²) in [5, 5.41) is 4.30. The smallest absolute Gasteiger partial charge is 0.255 e. The molecule has 1 N–H and O–H groups in total. The van der Waals surface area contributed by atoms with Crippen molar-refractivity contribution in [2.45, 2.75) is 25.8 Å². The van der Waals surface area contributed by atoms with Crippen molar-refractivity contribution in [3.05, 3.63) is 33.8 Å². The van der Waals surface area contributed by atoms with E-state index in [1.807, 2.05) is 11.8 Å². The molecule has 1 heterocycles. The molecule has 3 nitrogen and oxygen atoms in total. The van der Waals surface area contributed by atoms with Crippen molar-refractivity contribution in [3.8, 4) is 0 Å². The first-order valence-corrected chi connectivity index (χ1v) is 7.35. The average molecular weight is 301 g/mol. The molecule has 1 saturated heterocycles. The van der Waals surface area contributed by atoms with Crippen LogP contribution < -0.4 is 5.32 Å². The number of benzene rings is 1. The number of carbonyl (C=O) groups excluding carboxylic acids is 1. The van der Waals surface area contributed by atoms with Gasteiger partial charge in [0.1, 0.15) is 0 Å². The SMILES string of the molecule is CCN(C(=O)c1cc(Cl)ccc1Cl)C1CCNCC1. The zero-order chi connectivity index (χ0) is 13.8. The Labute approximate surface area is 123 Å². The molecule has 0 aromatic heterocycles. The van der Waals surface area contributed by atoms with E-state index < -0.39 is 0 Å². The van der Waals surface area contributed by atoms with E-state index in [-0.39, 0.29) is 11.9 Å². The van der Waals surface area contributed by atoms with E-state index in [0.29, 0.717) is 22.2 Å². The van der Waals surface area contributed by atoms with Crippen molar-refractivity contribution in [1.82, 2.24) is 10.2 Å². The highest BCUT2D eigenvalue weighted by atomic mass is 35.5. The first-order chi connectivity index (χ1) is 9.13. The van der Waals surface area contributed by atoms with Gasteiger partial charge in [-0.05, 0) is 51.1 Å².